The Labute approximate surface area is 65.1 Å². The van der Waals surface area contributed by atoms with Gasteiger partial charge in [-0.25, -0.2) is 0 Å². The van der Waals surface area contributed by atoms with E-state index < -0.39 is 5.60 Å². The SMILES string of the molecule is CC1(O)CCN(/C(N)=N/O)C1. The molecule has 11 heavy (non-hydrogen) atoms. The summed E-state index contributed by atoms with van der Waals surface area (Å²) in [6.45, 7) is 2.81. The fraction of sp³-hybridized carbons (Fsp3) is 0.833. The fourth-order valence-electron chi connectivity index (χ4n) is 1.20. The van der Waals surface area contributed by atoms with Crippen molar-refractivity contribution in [3.63, 3.8) is 0 Å². The number of guanidine groups is 1. The Morgan fingerprint density at radius 3 is 2.73 bits per heavy atom. The molecular formula is C6H13N3O2. The van der Waals surface area contributed by atoms with E-state index in [0.717, 1.165) is 0 Å². The first-order chi connectivity index (χ1) is 5.05. The summed E-state index contributed by atoms with van der Waals surface area (Å²) in [5.74, 6) is 0.0720. The lowest BCUT2D eigenvalue weighted by Gasteiger charge is -2.18. The lowest BCUT2D eigenvalue weighted by atomic mass is 10.1. The maximum Gasteiger partial charge on any atom is 0.233 e. The second kappa shape index (κ2) is 2.58. The van der Waals surface area contributed by atoms with Crippen LogP contribution < -0.4 is 5.73 Å². The van der Waals surface area contributed by atoms with Crippen LogP contribution in [-0.4, -0.2) is 39.9 Å². The topological polar surface area (TPSA) is 82.1 Å². The lowest BCUT2D eigenvalue weighted by molar-refractivity contribution is 0.0750. The van der Waals surface area contributed by atoms with Crippen LogP contribution in [0.2, 0.25) is 0 Å². The van der Waals surface area contributed by atoms with Crippen molar-refractivity contribution in [1.29, 1.82) is 0 Å². The van der Waals surface area contributed by atoms with E-state index in [9.17, 15) is 5.11 Å². The highest BCUT2D eigenvalue weighted by Crippen LogP contribution is 2.19. The largest absolute Gasteiger partial charge is 0.408 e. The number of oxime groups is 1. The molecule has 1 atom stereocenters. The number of rotatable bonds is 0. The van der Waals surface area contributed by atoms with Gasteiger partial charge in [0.15, 0.2) is 0 Å². The van der Waals surface area contributed by atoms with Crippen molar-refractivity contribution < 1.29 is 10.3 Å². The quantitative estimate of drug-likeness (QED) is 0.186. The summed E-state index contributed by atoms with van der Waals surface area (Å²) >= 11 is 0. The van der Waals surface area contributed by atoms with Crippen LogP contribution in [0.25, 0.3) is 0 Å². The number of aliphatic hydroxyl groups is 1. The summed E-state index contributed by atoms with van der Waals surface area (Å²) in [5.41, 5.74) is 4.62. The van der Waals surface area contributed by atoms with Crippen LogP contribution in [0.5, 0.6) is 0 Å². The van der Waals surface area contributed by atoms with Crippen molar-refractivity contribution in [3.8, 4) is 0 Å². The molecule has 1 heterocycles. The van der Waals surface area contributed by atoms with Crippen molar-refractivity contribution in [2.45, 2.75) is 18.9 Å². The molecule has 0 bridgehead atoms. The van der Waals surface area contributed by atoms with Crippen molar-refractivity contribution in [2.24, 2.45) is 10.9 Å². The predicted molar refractivity (Wildman–Crippen MR) is 40.2 cm³/mol. The molecule has 5 nitrogen and oxygen atoms in total. The summed E-state index contributed by atoms with van der Waals surface area (Å²) in [5, 5.41) is 20.6. The van der Waals surface area contributed by atoms with Crippen molar-refractivity contribution in [1.82, 2.24) is 4.90 Å². The van der Waals surface area contributed by atoms with E-state index in [4.69, 9.17) is 10.9 Å². The maximum atomic E-state index is 9.48. The van der Waals surface area contributed by atoms with Gasteiger partial charge in [-0.15, -0.1) is 0 Å². The van der Waals surface area contributed by atoms with Gasteiger partial charge in [0.05, 0.1) is 5.60 Å². The normalized spacial score (nSPS) is 32.9. The van der Waals surface area contributed by atoms with E-state index in [1.807, 2.05) is 0 Å². The monoisotopic (exact) mass is 159 g/mol. The molecule has 1 saturated heterocycles. The van der Waals surface area contributed by atoms with Crippen LogP contribution in [0, 0.1) is 0 Å². The van der Waals surface area contributed by atoms with Crippen molar-refractivity contribution >= 4 is 5.96 Å². The summed E-state index contributed by atoms with van der Waals surface area (Å²) < 4.78 is 0. The van der Waals surface area contributed by atoms with E-state index in [0.29, 0.717) is 19.5 Å². The molecule has 0 spiro atoms. The molecule has 0 aromatic rings. The second-order valence-electron chi connectivity index (χ2n) is 3.13. The number of hydrogen-bond donors (Lipinski definition) is 3. The number of likely N-dealkylation sites (tertiary alicyclic amines) is 1. The van der Waals surface area contributed by atoms with Gasteiger partial charge in [-0.05, 0) is 13.3 Å². The number of hydrogen-bond acceptors (Lipinski definition) is 3. The first-order valence-electron chi connectivity index (χ1n) is 3.50. The minimum Gasteiger partial charge on any atom is -0.408 e. The lowest BCUT2D eigenvalue weighted by Crippen LogP contribution is -2.38. The minimum absolute atomic E-state index is 0.0720. The van der Waals surface area contributed by atoms with Crippen molar-refractivity contribution in [2.75, 3.05) is 13.1 Å². The van der Waals surface area contributed by atoms with E-state index in [1.54, 1.807) is 11.8 Å². The Bertz CT molecular complexity index is 179. The number of nitrogens with two attached hydrogens (primary N) is 1. The molecule has 0 aromatic heterocycles. The average molecular weight is 159 g/mol. The maximum absolute atomic E-state index is 9.48. The highest BCUT2D eigenvalue weighted by molar-refractivity contribution is 5.77. The standard InChI is InChI=1S/C6H13N3O2/c1-6(10)2-3-9(4-6)5(7)8-11/h10-11H,2-4H2,1H3,(H2,7,8). The third-order valence-electron chi connectivity index (χ3n) is 1.88. The van der Waals surface area contributed by atoms with Gasteiger partial charge < -0.3 is 20.9 Å². The van der Waals surface area contributed by atoms with Gasteiger partial charge >= 0.3 is 0 Å². The molecular weight excluding hydrogens is 146 g/mol. The van der Waals surface area contributed by atoms with Gasteiger partial charge in [0.1, 0.15) is 0 Å². The van der Waals surface area contributed by atoms with Crippen LogP contribution in [0.4, 0.5) is 0 Å². The second-order valence-corrected chi connectivity index (χ2v) is 3.13. The fourth-order valence-corrected chi connectivity index (χ4v) is 1.20. The van der Waals surface area contributed by atoms with Gasteiger partial charge in [-0.1, -0.05) is 5.16 Å². The summed E-state index contributed by atoms with van der Waals surface area (Å²) in [6.07, 6.45) is 0.656. The zero-order valence-corrected chi connectivity index (χ0v) is 6.49. The van der Waals surface area contributed by atoms with Crippen LogP contribution in [-0.2, 0) is 0 Å². The minimum atomic E-state index is -0.699. The summed E-state index contributed by atoms with van der Waals surface area (Å²) in [6, 6.07) is 0. The third kappa shape index (κ3) is 1.74. The van der Waals surface area contributed by atoms with Gasteiger partial charge in [0.2, 0.25) is 5.96 Å². The average Bonchev–Trinajstić information content (AvgIpc) is 2.29. The first kappa shape index (κ1) is 8.13. The molecule has 64 valence electrons. The molecule has 1 rings (SSSR count). The highest BCUT2D eigenvalue weighted by Gasteiger charge is 2.32. The van der Waals surface area contributed by atoms with Gasteiger partial charge in [-0.2, -0.15) is 0 Å². The molecule has 0 aliphatic carbocycles. The Hall–Kier alpha value is -0.970. The summed E-state index contributed by atoms with van der Waals surface area (Å²) in [4.78, 5) is 1.64. The zero-order valence-electron chi connectivity index (χ0n) is 6.49. The molecule has 1 aliphatic rings. The Morgan fingerprint density at radius 2 is 2.36 bits per heavy atom. The molecule has 0 saturated carbocycles. The van der Waals surface area contributed by atoms with Gasteiger partial charge in [0, 0.05) is 13.1 Å². The molecule has 1 unspecified atom stereocenters. The summed E-state index contributed by atoms with van der Waals surface area (Å²) in [7, 11) is 0. The van der Waals surface area contributed by atoms with Crippen LogP contribution in [0.15, 0.2) is 5.16 Å². The van der Waals surface area contributed by atoms with E-state index in [-0.39, 0.29) is 5.96 Å². The smallest absolute Gasteiger partial charge is 0.233 e. The van der Waals surface area contributed by atoms with Crippen molar-refractivity contribution in [3.05, 3.63) is 0 Å². The van der Waals surface area contributed by atoms with Gasteiger partial charge in [-0.3, -0.25) is 0 Å². The molecule has 4 N–H and O–H groups in total. The Kier molecular flexibility index (Phi) is 1.90. The van der Waals surface area contributed by atoms with E-state index >= 15 is 0 Å². The highest BCUT2D eigenvalue weighted by atomic mass is 16.4. The third-order valence-corrected chi connectivity index (χ3v) is 1.88. The molecule has 1 fully saturated rings. The Morgan fingerprint density at radius 1 is 1.73 bits per heavy atom. The first-order valence-corrected chi connectivity index (χ1v) is 3.50. The molecule has 0 radical (unpaired) electrons. The predicted octanol–water partition coefficient (Wildman–Crippen LogP) is -0.853. The van der Waals surface area contributed by atoms with Gasteiger partial charge in [0.25, 0.3) is 0 Å². The van der Waals surface area contributed by atoms with Crippen LogP contribution >= 0.6 is 0 Å². The number of nitrogens with zero attached hydrogens (tertiary/aromatic N) is 2. The number of β-amino-alcohol motifs (C(OH)–C–C–N with tert-alkyl or cyclic N) is 1. The van der Waals surface area contributed by atoms with E-state index in [2.05, 4.69) is 5.16 Å². The van der Waals surface area contributed by atoms with E-state index in [1.165, 1.54) is 0 Å². The molecule has 0 amide bonds. The molecule has 5 heteroatoms. The molecule has 0 aromatic carbocycles. The molecule has 1 aliphatic heterocycles. The Balaban J connectivity index is 2.55. The van der Waals surface area contributed by atoms with Crippen LogP contribution in [0.1, 0.15) is 13.3 Å². The zero-order chi connectivity index (χ0) is 8.48. The van der Waals surface area contributed by atoms with Crippen LogP contribution in [0.3, 0.4) is 0 Å².